The van der Waals surface area contributed by atoms with Crippen molar-refractivity contribution in [1.29, 1.82) is 0 Å². The molecule has 140 valence electrons. The SMILES string of the molecule is Cc1cc(NC(=S)NC(=O)c2cccs2)cc(-c2nc3ccccc3o2)c1O. The van der Waals surface area contributed by atoms with Crippen molar-refractivity contribution in [3.63, 3.8) is 0 Å². The molecular weight excluding hydrogens is 394 g/mol. The average Bonchev–Trinajstić information content (AvgIpc) is 3.33. The number of nitrogens with zero attached hydrogens (tertiary/aromatic N) is 1. The molecule has 4 aromatic rings. The molecule has 4 rings (SSSR count). The van der Waals surface area contributed by atoms with Gasteiger partial charge in [0.1, 0.15) is 11.3 Å². The fraction of sp³-hybridized carbons (Fsp3) is 0.0500. The highest BCUT2D eigenvalue weighted by Crippen LogP contribution is 2.36. The first-order valence-electron chi connectivity index (χ1n) is 8.36. The zero-order valence-corrected chi connectivity index (χ0v) is 16.4. The van der Waals surface area contributed by atoms with E-state index in [1.807, 2.05) is 29.6 Å². The van der Waals surface area contributed by atoms with Gasteiger partial charge in [0.05, 0.1) is 10.4 Å². The quantitative estimate of drug-likeness (QED) is 0.336. The van der Waals surface area contributed by atoms with E-state index in [0.717, 1.165) is 0 Å². The van der Waals surface area contributed by atoms with Crippen molar-refractivity contribution < 1.29 is 14.3 Å². The summed E-state index contributed by atoms with van der Waals surface area (Å²) in [7, 11) is 0. The van der Waals surface area contributed by atoms with Crippen molar-refractivity contribution in [2.45, 2.75) is 6.92 Å². The second-order valence-corrected chi connectivity index (χ2v) is 7.42. The first-order chi connectivity index (χ1) is 13.5. The Balaban J connectivity index is 1.60. The van der Waals surface area contributed by atoms with Crippen LogP contribution in [0.4, 0.5) is 5.69 Å². The van der Waals surface area contributed by atoms with Crippen molar-refractivity contribution in [3.05, 3.63) is 64.4 Å². The Morgan fingerprint density at radius 1 is 1.21 bits per heavy atom. The van der Waals surface area contributed by atoms with Gasteiger partial charge >= 0.3 is 0 Å². The number of fused-ring (bicyclic) bond motifs is 1. The van der Waals surface area contributed by atoms with Gasteiger partial charge in [-0.25, -0.2) is 4.98 Å². The van der Waals surface area contributed by atoms with Crippen LogP contribution in [-0.4, -0.2) is 21.1 Å². The molecule has 0 unspecified atom stereocenters. The summed E-state index contributed by atoms with van der Waals surface area (Å²) in [6, 6.07) is 14.3. The highest BCUT2D eigenvalue weighted by molar-refractivity contribution is 7.80. The Kier molecular flexibility index (Phi) is 4.81. The van der Waals surface area contributed by atoms with Crippen LogP contribution in [0.2, 0.25) is 0 Å². The Morgan fingerprint density at radius 3 is 2.79 bits per heavy atom. The minimum atomic E-state index is -0.276. The van der Waals surface area contributed by atoms with E-state index in [0.29, 0.717) is 38.7 Å². The number of phenols is 1. The summed E-state index contributed by atoms with van der Waals surface area (Å²) in [5.74, 6) is 0.104. The predicted molar refractivity (Wildman–Crippen MR) is 114 cm³/mol. The number of hydrogen-bond acceptors (Lipinski definition) is 6. The van der Waals surface area contributed by atoms with Crippen LogP contribution in [0.15, 0.2) is 58.3 Å². The number of thiocarbonyl (C=S) groups is 1. The number of phenolic OH excluding ortho intramolecular Hbond substituents is 1. The predicted octanol–water partition coefficient (Wildman–Crippen LogP) is 4.70. The molecule has 0 saturated heterocycles. The number of para-hydroxylation sites is 2. The van der Waals surface area contributed by atoms with Gasteiger partial charge in [-0.15, -0.1) is 11.3 Å². The minimum Gasteiger partial charge on any atom is -0.507 e. The largest absolute Gasteiger partial charge is 0.507 e. The van der Waals surface area contributed by atoms with Gasteiger partial charge in [-0.05, 0) is 60.4 Å². The van der Waals surface area contributed by atoms with E-state index >= 15 is 0 Å². The standard InChI is InChI=1S/C20H15N3O3S2/c1-11-9-12(21-20(27)23-18(25)16-7-4-8-28-16)10-13(17(11)24)19-22-14-5-2-3-6-15(14)26-19/h2-10,24H,1H3,(H2,21,23,25,27). The lowest BCUT2D eigenvalue weighted by Gasteiger charge is -2.12. The molecule has 0 radical (unpaired) electrons. The molecule has 0 aliphatic heterocycles. The van der Waals surface area contributed by atoms with Crippen molar-refractivity contribution in [2.75, 3.05) is 5.32 Å². The first kappa shape index (κ1) is 18.1. The Labute approximate surface area is 169 Å². The second kappa shape index (κ2) is 7.41. The van der Waals surface area contributed by atoms with Crippen molar-refractivity contribution in [3.8, 4) is 17.2 Å². The Hall–Kier alpha value is -3.23. The molecule has 1 amide bonds. The van der Waals surface area contributed by atoms with Gasteiger partial charge in [-0.2, -0.15) is 0 Å². The van der Waals surface area contributed by atoms with Gasteiger partial charge in [0.15, 0.2) is 10.7 Å². The summed E-state index contributed by atoms with van der Waals surface area (Å²) in [5.41, 5.74) is 2.99. The molecule has 8 heteroatoms. The zero-order valence-electron chi connectivity index (χ0n) is 14.7. The summed E-state index contributed by atoms with van der Waals surface area (Å²) in [6.07, 6.45) is 0. The number of aromatic hydroxyl groups is 1. The van der Waals surface area contributed by atoms with Crippen molar-refractivity contribution in [1.82, 2.24) is 10.3 Å². The second-order valence-electron chi connectivity index (χ2n) is 6.06. The summed E-state index contributed by atoms with van der Waals surface area (Å²) in [4.78, 5) is 17.1. The molecule has 28 heavy (non-hydrogen) atoms. The Bertz CT molecular complexity index is 1150. The van der Waals surface area contributed by atoms with Gasteiger partial charge in [0.2, 0.25) is 5.89 Å². The number of aryl methyl sites for hydroxylation is 1. The maximum atomic E-state index is 12.1. The highest BCUT2D eigenvalue weighted by atomic mass is 32.1. The van der Waals surface area contributed by atoms with Crippen LogP contribution in [0.3, 0.4) is 0 Å². The minimum absolute atomic E-state index is 0.0747. The summed E-state index contributed by atoms with van der Waals surface area (Å²) >= 11 is 6.57. The number of carbonyl (C=O) groups excluding carboxylic acids is 1. The molecule has 0 aliphatic carbocycles. The van der Waals surface area contributed by atoms with Gasteiger partial charge < -0.3 is 14.8 Å². The number of nitrogens with one attached hydrogen (secondary N) is 2. The smallest absolute Gasteiger partial charge is 0.267 e. The van der Waals surface area contributed by atoms with E-state index < -0.39 is 0 Å². The fourth-order valence-corrected chi connectivity index (χ4v) is 3.57. The van der Waals surface area contributed by atoms with Gasteiger partial charge in [0, 0.05) is 5.69 Å². The third-order valence-electron chi connectivity index (χ3n) is 4.05. The van der Waals surface area contributed by atoms with E-state index in [1.54, 1.807) is 31.2 Å². The van der Waals surface area contributed by atoms with E-state index in [1.165, 1.54) is 11.3 Å². The molecule has 0 spiro atoms. The number of carbonyl (C=O) groups is 1. The lowest BCUT2D eigenvalue weighted by atomic mass is 10.1. The number of amides is 1. The van der Waals surface area contributed by atoms with Crippen molar-refractivity contribution >= 4 is 51.4 Å². The molecule has 0 atom stereocenters. The van der Waals surface area contributed by atoms with Gasteiger partial charge in [-0.3, -0.25) is 10.1 Å². The van der Waals surface area contributed by atoms with Crippen LogP contribution < -0.4 is 10.6 Å². The highest BCUT2D eigenvalue weighted by Gasteiger charge is 2.16. The molecular formula is C20H15N3O3S2. The summed E-state index contributed by atoms with van der Waals surface area (Å²) in [6.45, 7) is 1.76. The van der Waals surface area contributed by atoms with Crippen LogP contribution in [0.1, 0.15) is 15.2 Å². The lowest BCUT2D eigenvalue weighted by Crippen LogP contribution is -2.33. The number of rotatable bonds is 3. The monoisotopic (exact) mass is 409 g/mol. The van der Waals surface area contributed by atoms with E-state index in [9.17, 15) is 9.90 Å². The van der Waals surface area contributed by atoms with Crippen LogP contribution in [0.25, 0.3) is 22.6 Å². The normalized spacial score (nSPS) is 10.8. The van der Waals surface area contributed by atoms with Crippen molar-refractivity contribution in [2.24, 2.45) is 0 Å². The topological polar surface area (TPSA) is 87.4 Å². The third kappa shape index (κ3) is 3.60. The number of anilines is 1. The third-order valence-corrected chi connectivity index (χ3v) is 5.13. The fourth-order valence-electron chi connectivity index (χ4n) is 2.74. The number of oxazole rings is 1. The number of aromatic nitrogens is 1. The molecule has 0 aliphatic rings. The average molecular weight is 409 g/mol. The maximum absolute atomic E-state index is 12.1. The van der Waals surface area contributed by atoms with E-state index in [4.69, 9.17) is 16.6 Å². The van der Waals surface area contributed by atoms with E-state index in [2.05, 4.69) is 15.6 Å². The Morgan fingerprint density at radius 2 is 2.04 bits per heavy atom. The van der Waals surface area contributed by atoms with Crippen LogP contribution in [-0.2, 0) is 0 Å². The first-order valence-corrected chi connectivity index (χ1v) is 9.65. The molecule has 2 aromatic carbocycles. The van der Waals surface area contributed by atoms with E-state index in [-0.39, 0.29) is 16.8 Å². The number of thiophene rings is 1. The number of hydrogen-bond donors (Lipinski definition) is 3. The molecule has 6 nitrogen and oxygen atoms in total. The van der Waals surface area contributed by atoms with Gasteiger partial charge in [-0.1, -0.05) is 18.2 Å². The lowest BCUT2D eigenvalue weighted by molar-refractivity contribution is 0.0981. The molecule has 0 bridgehead atoms. The molecule has 0 saturated carbocycles. The van der Waals surface area contributed by atoms with Gasteiger partial charge in [0.25, 0.3) is 5.91 Å². The zero-order chi connectivity index (χ0) is 19.7. The van der Waals surface area contributed by atoms with Crippen LogP contribution in [0, 0.1) is 6.92 Å². The van der Waals surface area contributed by atoms with Crippen LogP contribution >= 0.6 is 23.6 Å². The number of benzene rings is 2. The summed E-state index contributed by atoms with van der Waals surface area (Å²) in [5, 5.41) is 18.1. The molecule has 0 fully saturated rings. The maximum Gasteiger partial charge on any atom is 0.267 e. The summed E-state index contributed by atoms with van der Waals surface area (Å²) < 4.78 is 5.76. The molecule has 2 aromatic heterocycles. The molecule has 2 heterocycles. The molecule has 3 N–H and O–H groups in total. The van der Waals surface area contributed by atoms with Crippen LogP contribution in [0.5, 0.6) is 5.75 Å².